The van der Waals surface area contributed by atoms with Crippen molar-refractivity contribution in [2.75, 3.05) is 31.1 Å². The minimum absolute atomic E-state index is 0.0497. The standard InChI is InChI=1S/C22H27N5O3/c1-2-18-15-20(24-21(23-18)16-7-9-19(10-8-16)27(29)30)25-11-13-26(14-12-25)22(28)17-5-3-4-6-17/h7-10,15,17H,2-6,11-14H2,1H3. The minimum Gasteiger partial charge on any atom is -0.353 e. The molecule has 4 rings (SSSR count). The van der Waals surface area contributed by atoms with E-state index in [0.29, 0.717) is 24.8 Å². The number of hydrogen-bond donors (Lipinski definition) is 0. The van der Waals surface area contributed by atoms with E-state index < -0.39 is 4.92 Å². The maximum absolute atomic E-state index is 12.7. The summed E-state index contributed by atoms with van der Waals surface area (Å²) in [7, 11) is 0. The molecular weight excluding hydrogens is 382 g/mol. The third-order valence-electron chi connectivity index (χ3n) is 6.08. The van der Waals surface area contributed by atoms with E-state index >= 15 is 0 Å². The van der Waals surface area contributed by atoms with Gasteiger partial charge in [0, 0.05) is 61.6 Å². The molecule has 1 aromatic carbocycles. The zero-order chi connectivity index (χ0) is 21.1. The molecule has 8 nitrogen and oxygen atoms in total. The molecule has 1 aliphatic carbocycles. The molecule has 1 saturated carbocycles. The smallest absolute Gasteiger partial charge is 0.269 e. The fourth-order valence-corrected chi connectivity index (χ4v) is 4.27. The summed E-state index contributed by atoms with van der Waals surface area (Å²) in [5.41, 5.74) is 1.73. The van der Waals surface area contributed by atoms with Crippen LogP contribution in [0.2, 0.25) is 0 Å². The van der Waals surface area contributed by atoms with Crippen LogP contribution in [0.4, 0.5) is 11.5 Å². The second kappa shape index (κ2) is 8.77. The van der Waals surface area contributed by atoms with E-state index in [1.807, 2.05) is 17.9 Å². The number of anilines is 1. The number of benzene rings is 1. The number of carbonyl (C=O) groups excluding carboxylic acids is 1. The average Bonchev–Trinajstić information content (AvgIpc) is 3.33. The van der Waals surface area contributed by atoms with Crippen molar-refractivity contribution in [3.63, 3.8) is 0 Å². The highest BCUT2D eigenvalue weighted by Gasteiger charge is 2.29. The van der Waals surface area contributed by atoms with Crippen molar-refractivity contribution in [1.29, 1.82) is 0 Å². The maximum Gasteiger partial charge on any atom is 0.269 e. The van der Waals surface area contributed by atoms with Gasteiger partial charge in [-0.1, -0.05) is 19.8 Å². The first-order valence-corrected chi connectivity index (χ1v) is 10.7. The van der Waals surface area contributed by atoms with E-state index in [9.17, 15) is 14.9 Å². The molecule has 0 atom stereocenters. The van der Waals surface area contributed by atoms with Crippen molar-refractivity contribution in [1.82, 2.24) is 14.9 Å². The Morgan fingerprint density at radius 3 is 2.37 bits per heavy atom. The number of amides is 1. The van der Waals surface area contributed by atoms with Crippen LogP contribution in [0, 0.1) is 16.0 Å². The second-order valence-corrected chi connectivity index (χ2v) is 7.99. The summed E-state index contributed by atoms with van der Waals surface area (Å²) in [5.74, 6) is 1.96. The lowest BCUT2D eigenvalue weighted by atomic mass is 10.1. The summed E-state index contributed by atoms with van der Waals surface area (Å²) in [6.07, 6.45) is 5.17. The Morgan fingerprint density at radius 1 is 1.10 bits per heavy atom. The van der Waals surface area contributed by atoms with Gasteiger partial charge in [0.25, 0.3) is 5.69 Å². The summed E-state index contributed by atoms with van der Waals surface area (Å²) in [6.45, 7) is 4.97. The van der Waals surface area contributed by atoms with Crippen molar-refractivity contribution in [2.24, 2.45) is 5.92 Å². The first-order chi connectivity index (χ1) is 14.5. The number of aryl methyl sites for hydroxylation is 1. The van der Waals surface area contributed by atoms with Gasteiger partial charge in [0.15, 0.2) is 5.82 Å². The number of nitro benzene ring substituents is 1. The Morgan fingerprint density at radius 2 is 1.77 bits per heavy atom. The van der Waals surface area contributed by atoms with E-state index in [0.717, 1.165) is 49.4 Å². The van der Waals surface area contributed by atoms with Gasteiger partial charge in [-0.3, -0.25) is 14.9 Å². The van der Waals surface area contributed by atoms with Crippen LogP contribution < -0.4 is 4.90 Å². The van der Waals surface area contributed by atoms with Crippen LogP contribution in [-0.2, 0) is 11.2 Å². The Balaban J connectivity index is 1.49. The number of piperazine rings is 1. The van der Waals surface area contributed by atoms with Crippen LogP contribution >= 0.6 is 0 Å². The van der Waals surface area contributed by atoms with Crippen LogP contribution in [0.5, 0.6) is 0 Å². The third-order valence-corrected chi connectivity index (χ3v) is 6.08. The summed E-state index contributed by atoms with van der Waals surface area (Å²) in [5, 5.41) is 10.9. The predicted octanol–water partition coefficient (Wildman–Crippen LogP) is 3.45. The lowest BCUT2D eigenvalue weighted by molar-refractivity contribution is -0.384. The molecule has 0 unspecified atom stereocenters. The molecule has 30 heavy (non-hydrogen) atoms. The third kappa shape index (κ3) is 4.27. The second-order valence-electron chi connectivity index (χ2n) is 7.99. The molecule has 8 heteroatoms. The number of carbonyl (C=O) groups is 1. The fraction of sp³-hybridized carbons (Fsp3) is 0.500. The van der Waals surface area contributed by atoms with Crippen molar-refractivity contribution in [2.45, 2.75) is 39.0 Å². The fourth-order valence-electron chi connectivity index (χ4n) is 4.27. The molecule has 0 spiro atoms. The van der Waals surface area contributed by atoms with E-state index in [-0.39, 0.29) is 11.6 Å². The van der Waals surface area contributed by atoms with Crippen molar-refractivity contribution in [3.8, 4) is 11.4 Å². The van der Waals surface area contributed by atoms with E-state index in [4.69, 9.17) is 4.98 Å². The lowest BCUT2D eigenvalue weighted by Crippen LogP contribution is -2.50. The summed E-state index contributed by atoms with van der Waals surface area (Å²) in [6, 6.07) is 8.34. The first kappa shape index (κ1) is 20.3. The SMILES string of the molecule is CCc1cc(N2CCN(C(=O)C3CCCC3)CC2)nc(-c2ccc([N+](=O)[O-])cc2)n1. The van der Waals surface area contributed by atoms with E-state index in [1.165, 1.54) is 25.0 Å². The molecule has 1 saturated heterocycles. The highest BCUT2D eigenvalue weighted by Crippen LogP contribution is 2.28. The number of hydrogen-bond acceptors (Lipinski definition) is 6. The summed E-state index contributed by atoms with van der Waals surface area (Å²) >= 11 is 0. The van der Waals surface area contributed by atoms with Gasteiger partial charge in [-0.05, 0) is 31.4 Å². The highest BCUT2D eigenvalue weighted by atomic mass is 16.6. The van der Waals surface area contributed by atoms with Gasteiger partial charge in [-0.2, -0.15) is 0 Å². The summed E-state index contributed by atoms with van der Waals surface area (Å²) < 4.78 is 0. The zero-order valence-corrected chi connectivity index (χ0v) is 17.3. The lowest BCUT2D eigenvalue weighted by Gasteiger charge is -2.36. The van der Waals surface area contributed by atoms with Gasteiger partial charge in [-0.15, -0.1) is 0 Å². The molecule has 2 aliphatic rings. The minimum atomic E-state index is -0.412. The molecule has 1 aromatic heterocycles. The molecule has 0 radical (unpaired) electrons. The van der Waals surface area contributed by atoms with Crippen molar-refractivity contribution >= 4 is 17.4 Å². The summed E-state index contributed by atoms with van der Waals surface area (Å²) in [4.78, 5) is 36.8. The Hall–Kier alpha value is -3.03. The maximum atomic E-state index is 12.7. The number of aromatic nitrogens is 2. The largest absolute Gasteiger partial charge is 0.353 e. The number of nitrogens with zero attached hydrogens (tertiary/aromatic N) is 5. The van der Waals surface area contributed by atoms with Crippen molar-refractivity contribution < 1.29 is 9.72 Å². The van der Waals surface area contributed by atoms with Crippen LogP contribution in [0.1, 0.15) is 38.3 Å². The zero-order valence-electron chi connectivity index (χ0n) is 17.3. The topological polar surface area (TPSA) is 92.5 Å². The normalized spacial score (nSPS) is 17.4. The monoisotopic (exact) mass is 409 g/mol. The number of non-ortho nitro benzene ring substituents is 1. The first-order valence-electron chi connectivity index (χ1n) is 10.7. The Bertz CT molecular complexity index is 917. The highest BCUT2D eigenvalue weighted by molar-refractivity contribution is 5.79. The van der Waals surface area contributed by atoms with E-state index in [1.54, 1.807) is 12.1 Å². The molecule has 1 aliphatic heterocycles. The average molecular weight is 409 g/mol. The van der Waals surface area contributed by atoms with Gasteiger partial charge >= 0.3 is 0 Å². The van der Waals surface area contributed by atoms with E-state index in [2.05, 4.69) is 9.88 Å². The van der Waals surface area contributed by atoms with Crippen LogP contribution in [0.25, 0.3) is 11.4 Å². The molecule has 1 amide bonds. The van der Waals surface area contributed by atoms with Crippen LogP contribution in [0.3, 0.4) is 0 Å². The number of rotatable bonds is 5. The van der Waals surface area contributed by atoms with Gasteiger partial charge in [0.05, 0.1) is 4.92 Å². The molecule has 2 fully saturated rings. The Kier molecular flexibility index (Phi) is 5.92. The van der Waals surface area contributed by atoms with Gasteiger partial charge in [0.1, 0.15) is 5.82 Å². The van der Waals surface area contributed by atoms with Gasteiger partial charge in [-0.25, -0.2) is 9.97 Å². The molecule has 0 N–H and O–H groups in total. The van der Waals surface area contributed by atoms with Gasteiger partial charge in [0.2, 0.25) is 5.91 Å². The Labute approximate surface area is 176 Å². The molecule has 0 bridgehead atoms. The molecule has 2 aromatic rings. The molecular formula is C22H27N5O3. The molecule has 158 valence electrons. The van der Waals surface area contributed by atoms with Crippen LogP contribution in [-0.4, -0.2) is 51.9 Å². The van der Waals surface area contributed by atoms with Crippen molar-refractivity contribution in [3.05, 3.63) is 46.1 Å². The van der Waals surface area contributed by atoms with Crippen LogP contribution in [0.15, 0.2) is 30.3 Å². The predicted molar refractivity (Wildman–Crippen MR) is 114 cm³/mol. The van der Waals surface area contributed by atoms with Gasteiger partial charge < -0.3 is 9.80 Å². The number of nitro groups is 1. The molecule has 2 heterocycles. The quantitative estimate of drug-likeness (QED) is 0.555.